The number of alkyl halides is 1. The van der Waals surface area contributed by atoms with E-state index < -0.39 is 0 Å². The van der Waals surface area contributed by atoms with Gasteiger partial charge in [-0.3, -0.25) is 4.90 Å². The lowest BCUT2D eigenvalue weighted by Gasteiger charge is -2.41. The fourth-order valence-corrected chi connectivity index (χ4v) is 5.19. The van der Waals surface area contributed by atoms with E-state index in [4.69, 9.17) is 0 Å². The van der Waals surface area contributed by atoms with Crippen molar-refractivity contribution < 1.29 is 0 Å². The van der Waals surface area contributed by atoms with Crippen LogP contribution >= 0.6 is 22.6 Å². The molecule has 1 aliphatic heterocycles. The summed E-state index contributed by atoms with van der Waals surface area (Å²) in [5.41, 5.74) is 0. The van der Waals surface area contributed by atoms with E-state index in [1.54, 1.807) is 0 Å². The summed E-state index contributed by atoms with van der Waals surface area (Å²) in [7, 11) is 0. The third-order valence-corrected chi connectivity index (χ3v) is 5.46. The summed E-state index contributed by atoms with van der Waals surface area (Å²) in [4.78, 5) is 2.68. The maximum Gasteiger partial charge on any atom is 0.0147 e. The Kier molecular flexibility index (Phi) is 1.74. The van der Waals surface area contributed by atoms with E-state index >= 15 is 0 Å². The summed E-state index contributed by atoms with van der Waals surface area (Å²) >= 11 is 2.66. The third-order valence-electron chi connectivity index (χ3n) is 4.12. The lowest BCUT2D eigenvalue weighted by Crippen LogP contribution is -2.41. The van der Waals surface area contributed by atoms with Crippen molar-refractivity contribution in [2.75, 3.05) is 13.1 Å². The summed E-state index contributed by atoms with van der Waals surface area (Å²) in [6, 6.07) is 0.996. The molecule has 0 amide bonds. The Balaban J connectivity index is 1.76. The Hall–Kier alpha value is 0.690. The molecule has 0 bridgehead atoms. The van der Waals surface area contributed by atoms with Crippen molar-refractivity contribution in [3.63, 3.8) is 0 Å². The van der Waals surface area contributed by atoms with Gasteiger partial charge in [-0.05, 0) is 30.6 Å². The van der Waals surface area contributed by atoms with Gasteiger partial charge in [-0.15, -0.1) is 0 Å². The van der Waals surface area contributed by atoms with Crippen LogP contribution in [0.3, 0.4) is 0 Å². The maximum absolute atomic E-state index is 2.68. The van der Waals surface area contributed by atoms with Crippen LogP contribution in [0.25, 0.3) is 0 Å². The average Bonchev–Trinajstić information content (AvgIpc) is 2.75. The average molecular weight is 277 g/mol. The number of nitrogens with zero attached hydrogens (tertiary/aromatic N) is 1. The lowest BCUT2D eigenvalue weighted by molar-refractivity contribution is 0.159. The van der Waals surface area contributed by atoms with Crippen LogP contribution in [-0.2, 0) is 0 Å². The van der Waals surface area contributed by atoms with Crippen LogP contribution in [0.4, 0.5) is 0 Å². The molecule has 0 aromatic rings. The van der Waals surface area contributed by atoms with Crippen molar-refractivity contribution in [3.05, 3.63) is 0 Å². The molecule has 0 spiro atoms. The molecule has 5 atom stereocenters. The van der Waals surface area contributed by atoms with Crippen LogP contribution in [0.1, 0.15) is 19.8 Å². The first-order valence-corrected chi connectivity index (χ1v) is 6.40. The summed E-state index contributed by atoms with van der Waals surface area (Å²) in [6.45, 7) is 5.25. The second kappa shape index (κ2) is 2.59. The quantitative estimate of drug-likeness (QED) is 0.403. The van der Waals surface area contributed by atoms with Gasteiger partial charge in [-0.25, -0.2) is 0 Å². The molecule has 0 aromatic heterocycles. The van der Waals surface area contributed by atoms with Gasteiger partial charge in [0.1, 0.15) is 0 Å². The fraction of sp³-hybridized carbons (Fsp3) is 1.00. The van der Waals surface area contributed by atoms with Gasteiger partial charge in [0.05, 0.1) is 0 Å². The van der Waals surface area contributed by atoms with Gasteiger partial charge in [0.2, 0.25) is 0 Å². The minimum absolute atomic E-state index is 0.996. The van der Waals surface area contributed by atoms with E-state index in [0.29, 0.717) is 0 Å². The van der Waals surface area contributed by atoms with E-state index in [9.17, 15) is 0 Å². The molecule has 2 saturated carbocycles. The Morgan fingerprint density at radius 3 is 2.50 bits per heavy atom. The first-order chi connectivity index (χ1) is 5.77. The summed E-state index contributed by atoms with van der Waals surface area (Å²) in [6.07, 6.45) is 3.01. The second-order valence-electron chi connectivity index (χ2n) is 4.81. The van der Waals surface area contributed by atoms with Gasteiger partial charge in [-0.1, -0.05) is 29.5 Å². The lowest BCUT2D eigenvalue weighted by atomic mass is 9.72. The van der Waals surface area contributed by atoms with Crippen molar-refractivity contribution >= 4 is 22.6 Å². The van der Waals surface area contributed by atoms with Gasteiger partial charge in [0.15, 0.2) is 0 Å². The number of fused-ring (bicyclic) bond motifs is 1. The molecule has 3 unspecified atom stereocenters. The molecule has 1 heterocycles. The molecule has 0 aromatic carbocycles. The molecule has 0 N–H and O–H groups in total. The Morgan fingerprint density at radius 2 is 2.00 bits per heavy atom. The Morgan fingerprint density at radius 1 is 1.25 bits per heavy atom. The van der Waals surface area contributed by atoms with Gasteiger partial charge in [0, 0.05) is 23.1 Å². The monoisotopic (exact) mass is 277 g/mol. The van der Waals surface area contributed by atoms with E-state index in [1.165, 1.54) is 25.9 Å². The van der Waals surface area contributed by atoms with Crippen molar-refractivity contribution in [1.82, 2.24) is 4.90 Å². The van der Waals surface area contributed by atoms with E-state index in [0.717, 1.165) is 27.7 Å². The zero-order valence-corrected chi connectivity index (χ0v) is 9.70. The van der Waals surface area contributed by atoms with E-state index in [-0.39, 0.29) is 0 Å². The first-order valence-electron chi connectivity index (χ1n) is 5.15. The Labute approximate surface area is 88.0 Å². The van der Waals surface area contributed by atoms with Crippen LogP contribution in [-0.4, -0.2) is 28.0 Å². The van der Waals surface area contributed by atoms with Gasteiger partial charge in [-0.2, -0.15) is 0 Å². The van der Waals surface area contributed by atoms with Crippen LogP contribution in [0.2, 0.25) is 0 Å². The highest BCUT2D eigenvalue weighted by Crippen LogP contribution is 2.55. The summed E-state index contributed by atoms with van der Waals surface area (Å²) in [5.74, 6) is 3.18. The molecule has 2 aliphatic carbocycles. The number of halogens is 1. The molecular formula is C10H16IN. The van der Waals surface area contributed by atoms with Crippen molar-refractivity contribution in [2.45, 2.75) is 29.7 Å². The number of hydrogen-bond acceptors (Lipinski definition) is 1. The molecule has 0 radical (unpaired) electrons. The van der Waals surface area contributed by atoms with E-state index in [1.807, 2.05) is 0 Å². The van der Waals surface area contributed by atoms with Crippen LogP contribution in [0, 0.1) is 17.8 Å². The molecule has 3 rings (SSSR count). The Bertz CT molecular complexity index is 202. The minimum atomic E-state index is 0.996. The molecule has 2 heteroatoms. The fourth-order valence-electron chi connectivity index (χ4n) is 3.36. The molecule has 12 heavy (non-hydrogen) atoms. The zero-order valence-electron chi connectivity index (χ0n) is 7.54. The van der Waals surface area contributed by atoms with Crippen molar-refractivity contribution in [1.29, 1.82) is 0 Å². The maximum atomic E-state index is 2.68. The largest absolute Gasteiger partial charge is 0.298 e. The van der Waals surface area contributed by atoms with Crippen LogP contribution in [0.5, 0.6) is 0 Å². The first kappa shape index (κ1) is 8.04. The van der Waals surface area contributed by atoms with Crippen LogP contribution < -0.4 is 0 Å². The molecule has 3 fully saturated rings. The second-order valence-corrected chi connectivity index (χ2v) is 6.41. The third kappa shape index (κ3) is 0.999. The predicted octanol–water partition coefficient (Wildman–Crippen LogP) is 2.15. The highest BCUT2D eigenvalue weighted by molar-refractivity contribution is 14.1. The van der Waals surface area contributed by atoms with Gasteiger partial charge >= 0.3 is 0 Å². The van der Waals surface area contributed by atoms with Crippen molar-refractivity contribution in [2.24, 2.45) is 17.8 Å². The molecule has 1 saturated heterocycles. The molecular weight excluding hydrogens is 261 g/mol. The number of rotatable bonds is 1. The van der Waals surface area contributed by atoms with Gasteiger partial charge < -0.3 is 0 Å². The van der Waals surface area contributed by atoms with Gasteiger partial charge in [0.25, 0.3) is 0 Å². The molecule has 68 valence electrons. The predicted molar refractivity (Wildman–Crippen MR) is 58.5 cm³/mol. The highest BCUT2D eigenvalue weighted by Gasteiger charge is 2.54. The topological polar surface area (TPSA) is 3.01 Å². The molecule has 1 nitrogen and oxygen atoms in total. The minimum Gasteiger partial charge on any atom is -0.298 e. The van der Waals surface area contributed by atoms with Crippen LogP contribution in [0.15, 0.2) is 0 Å². The van der Waals surface area contributed by atoms with Crippen molar-refractivity contribution in [3.8, 4) is 0 Å². The smallest absolute Gasteiger partial charge is 0.0147 e. The highest BCUT2D eigenvalue weighted by atomic mass is 127. The summed E-state index contributed by atoms with van der Waals surface area (Å²) in [5, 5.41) is 0. The zero-order chi connectivity index (χ0) is 8.29. The van der Waals surface area contributed by atoms with E-state index in [2.05, 4.69) is 34.4 Å². The SMILES string of the molecule is C[C@H]1CC(N2CC2)C2C[C@H](I)C21. The normalized spacial score (nSPS) is 58.0. The molecule has 3 aliphatic rings. The summed E-state index contributed by atoms with van der Waals surface area (Å²) < 4.78 is 1.01. The standard InChI is InChI=1S/C10H16IN/c1-6-4-9(12-2-3-12)7-5-8(11)10(6)7/h6-10H,2-5H2,1H3/t6-,7?,8-,9?,10?/m0/s1. The number of hydrogen-bond donors (Lipinski definition) is 0.